The number of nitrogens with one attached hydrogen (secondary N) is 1. The molecular weight excluding hydrogens is 277 g/mol. The van der Waals surface area contributed by atoms with E-state index in [4.69, 9.17) is 0 Å². The van der Waals surface area contributed by atoms with Gasteiger partial charge < -0.3 is 15.0 Å². The highest BCUT2D eigenvalue weighted by Crippen LogP contribution is 2.16. The van der Waals surface area contributed by atoms with Gasteiger partial charge in [0.2, 0.25) is 11.8 Å². The molecule has 0 aromatic heterocycles. The Balaban J connectivity index is 2.57. The van der Waals surface area contributed by atoms with E-state index in [2.05, 4.69) is 10.1 Å². The monoisotopic (exact) mass is 296 g/mol. The summed E-state index contributed by atoms with van der Waals surface area (Å²) in [5.74, 6) is -0.562. The van der Waals surface area contributed by atoms with Gasteiger partial charge in [-0.25, -0.2) is 0 Å². The van der Waals surface area contributed by atoms with E-state index in [1.165, 1.54) is 4.90 Å². The van der Waals surface area contributed by atoms with Crippen LogP contribution < -0.4 is 5.32 Å². The predicted molar refractivity (Wildman–Crippen MR) is 64.9 cm³/mol. The second-order valence-corrected chi connectivity index (χ2v) is 4.73. The average Bonchev–Trinajstić information content (AvgIpc) is 2.33. The highest BCUT2D eigenvalue weighted by Gasteiger charge is 2.37. The first-order valence-electron chi connectivity index (χ1n) is 6.51. The molecule has 2 amide bonds. The van der Waals surface area contributed by atoms with E-state index in [-0.39, 0.29) is 25.0 Å². The molecule has 0 radical (unpaired) electrons. The molecule has 1 saturated heterocycles. The molecule has 2 atom stereocenters. The maximum Gasteiger partial charge on any atom is 0.411 e. The number of hydrogen-bond acceptors (Lipinski definition) is 3. The zero-order chi connectivity index (χ0) is 15.3. The Morgan fingerprint density at radius 1 is 1.35 bits per heavy atom. The van der Waals surface area contributed by atoms with Crippen LogP contribution in [-0.2, 0) is 14.3 Å². The van der Waals surface area contributed by atoms with Crippen LogP contribution in [0.5, 0.6) is 0 Å². The van der Waals surface area contributed by atoms with Crippen LogP contribution in [-0.4, -0.2) is 54.7 Å². The standard InChI is InChI=1S/C12H19F3N2O3/c1-3-4-9-10(18)16-8(2)11(19)17(9)5-6-20-7-12(13,14)15/h8-9H,3-7H2,1-2H3,(H,16,18). The Morgan fingerprint density at radius 2 is 2.00 bits per heavy atom. The summed E-state index contributed by atoms with van der Waals surface area (Å²) in [4.78, 5) is 25.1. The molecule has 1 rings (SSSR count). The number of halogens is 3. The Hall–Kier alpha value is -1.31. The van der Waals surface area contributed by atoms with Crippen molar-refractivity contribution < 1.29 is 27.5 Å². The molecule has 0 saturated carbocycles. The normalized spacial score (nSPS) is 23.9. The van der Waals surface area contributed by atoms with Crippen LogP contribution in [0.25, 0.3) is 0 Å². The lowest BCUT2D eigenvalue weighted by atomic mass is 10.0. The number of amides is 2. The van der Waals surface area contributed by atoms with Crippen LogP contribution in [0.2, 0.25) is 0 Å². The SMILES string of the molecule is CCCC1C(=O)NC(C)C(=O)N1CCOCC(F)(F)F. The third-order valence-corrected chi connectivity index (χ3v) is 3.00. The van der Waals surface area contributed by atoms with Crippen molar-refractivity contribution in [1.82, 2.24) is 10.2 Å². The average molecular weight is 296 g/mol. The van der Waals surface area contributed by atoms with Crippen molar-refractivity contribution in [3.8, 4) is 0 Å². The zero-order valence-electron chi connectivity index (χ0n) is 11.5. The minimum atomic E-state index is -4.39. The second kappa shape index (κ2) is 6.92. The lowest BCUT2D eigenvalue weighted by Crippen LogP contribution is -2.62. The maximum atomic E-state index is 12.0. The minimum absolute atomic E-state index is 0.0165. The molecule has 5 nitrogen and oxygen atoms in total. The molecule has 1 aliphatic heterocycles. The number of hydrogen-bond donors (Lipinski definition) is 1. The molecule has 1 aliphatic rings. The second-order valence-electron chi connectivity index (χ2n) is 4.73. The molecule has 0 spiro atoms. The van der Waals surface area contributed by atoms with E-state index >= 15 is 0 Å². The van der Waals surface area contributed by atoms with Gasteiger partial charge in [0, 0.05) is 6.54 Å². The molecule has 20 heavy (non-hydrogen) atoms. The summed E-state index contributed by atoms with van der Waals surface area (Å²) in [6.07, 6.45) is -3.22. The molecule has 1 N–H and O–H groups in total. The van der Waals surface area contributed by atoms with Gasteiger partial charge in [0.25, 0.3) is 0 Å². The van der Waals surface area contributed by atoms with Crippen LogP contribution in [0.15, 0.2) is 0 Å². The first-order valence-corrected chi connectivity index (χ1v) is 6.51. The fourth-order valence-electron chi connectivity index (χ4n) is 2.09. The summed E-state index contributed by atoms with van der Waals surface area (Å²) < 4.78 is 40.3. The van der Waals surface area contributed by atoms with Gasteiger partial charge in [-0.2, -0.15) is 13.2 Å². The predicted octanol–water partition coefficient (Wildman–Crippen LogP) is 1.08. The van der Waals surface area contributed by atoms with Crippen LogP contribution in [0.3, 0.4) is 0 Å². The van der Waals surface area contributed by atoms with Crippen molar-refractivity contribution in [3.63, 3.8) is 0 Å². The zero-order valence-corrected chi connectivity index (χ0v) is 11.5. The highest BCUT2D eigenvalue weighted by atomic mass is 19.4. The summed E-state index contributed by atoms with van der Waals surface area (Å²) >= 11 is 0. The van der Waals surface area contributed by atoms with Crippen LogP contribution in [0.1, 0.15) is 26.7 Å². The van der Waals surface area contributed by atoms with E-state index in [9.17, 15) is 22.8 Å². The van der Waals surface area contributed by atoms with Gasteiger partial charge in [0.05, 0.1) is 6.61 Å². The lowest BCUT2D eigenvalue weighted by molar-refractivity contribution is -0.176. The largest absolute Gasteiger partial charge is 0.411 e. The Bertz CT molecular complexity index is 360. The minimum Gasteiger partial charge on any atom is -0.370 e. The molecular formula is C12H19F3N2O3. The quantitative estimate of drug-likeness (QED) is 0.746. The van der Waals surface area contributed by atoms with Crippen molar-refractivity contribution in [2.45, 2.75) is 44.9 Å². The molecule has 1 heterocycles. The van der Waals surface area contributed by atoms with E-state index < -0.39 is 24.9 Å². The smallest absolute Gasteiger partial charge is 0.370 e. The van der Waals surface area contributed by atoms with E-state index in [1.54, 1.807) is 6.92 Å². The summed E-state index contributed by atoms with van der Waals surface area (Å²) in [5, 5.41) is 2.56. The van der Waals surface area contributed by atoms with Gasteiger partial charge in [-0.15, -0.1) is 0 Å². The van der Waals surface area contributed by atoms with Crippen LogP contribution >= 0.6 is 0 Å². The number of nitrogens with zero attached hydrogens (tertiary/aromatic N) is 1. The molecule has 0 bridgehead atoms. The van der Waals surface area contributed by atoms with Crippen LogP contribution in [0.4, 0.5) is 13.2 Å². The fraction of sp³-hybridized carbons (Fsp3) is 0.833. The fourth-order valence-corrected chi connectivity index (χ4v) is 2.09. The van der Waals surface area contributed by atoms with Crippen molar-refractivity contribution in [2.24, 2.45) is 0 Å². The lowest BCUT2D eigenvalue weighted by Gasteiger charge is -2.37. The van der Waals surface area contributed by atoms with Gasteiger partial charge in [-0.3, -0.25) is 9.59 Å². The number of rotatable bonds is 6. The molecule has 116 valence electrons. The number of carbonyl (C=O) groups is 2. The van der Waals surface area contributed by atoms with Gasteiger partial charge in [-0.1, -0.05) is 13.3 Å². The molecule has 0 aromatic rings. The summed E-state index contributed by atoms with van der Waals surface area (Å²) in [5.41, 5.74) is 0. The van der Waals surface area contributed by atoms with Crippen molar-refractivity contribution >= 4 is 11.8 Å². The summed E-state index contributed by atoms with van der Waals surface area (Å²) in [7, 11) is 0. The Kier molecular flexibility index (Phi) is 5.79. The molecule has 1 fully saturated rings. The number of alkyl halides is 3. The third kappa shape index (κ3) is 4.66. The first kappa shape index (κ1) is 16.7. The molecule has 0 aromatic carbocycles. The summed E-state index contributed by atoms with van der Waals surface area (Å²) in [6, 6.07) is -1.28. The van der Waals surface area contributed by atoms with E-state index in [0.29, 0.717) is 12.8 Å². The van der Waals surface area contributed by atoms with Crippen molar-refractivity contribution in [2.75, 3.05) is 19.8 Å². The topological polar surface area (TPSA) is 58.6 Å². The molecule has 2 unspecified atom stereocenters. The Labute approximate surface area is 115 Å². The van der Waals surface area contributed by atoms with Gasteiger partial charge in [0.1, 0.15) is 18.7 Å². The van der Waals surface area contributed by atoms with Gasteiger partial charge >= 0.3 is 6.18 Å². The van der Waals surface area contributed by atoms with Crippen molar-refractivity contribution in [3.05, 3.63) is 0 Å². The first-order chi connectivity index (χ1) is 9.26. The highest BCUT2D eigenvalue weighted by molar-refractivity contribution is 5.96. The molecule has 0 aliphatic carbocycles. The number of carbonyl (C=O) groups excluding carboxylic acids is 2. The molecule has 8 heteroatoms. The summed E-state index contributed by atoms with van der Waals surface area (Å²) in [6.45, 7) is 1.80. The number of ether oxygens (including phenoxy) is 1. The van der Waals surface area contributed by atoms with Gasteiger partial charge in [-0.05, 0) is 13.3 Å². The Morgan fingerprint density at radius 3 is 2.55 bits per heavy atom. The van der Waals surface area contributed by atoms with Crippen molar-refractivity contribution in [1.29, 1.82) is 0 Å². The van der Waals surface area contributed by atoms with E-state index in [1.807, 2.05) is 6.92 Å². The number of piperazine rings is 1. The maximum absolute atomic E-state index is 12.0. The van der Waals surface area contributed by atoms with Gasteiger partial charge in [0.15, 0.2) is 0 Å². The third-order valence-electron chi connectivity index (χ3n) is 3.00. The van der Waals surface area contributed by atoms with E-state index in [0.717, 1.165) is 0 Å². The van der Waals surface area contributed by atoms with Crippen LogP contribution in [0, 0.1) is 0 Å².